The zero-order chi connectivity index (χ0) is 36.0. The first-order chi connectivity index (χ1) is 22.9. The maximum Gasteiger partial charge on any atom is 0.122 e. The van der Waals surface area contributed by atoms with Gasteiger partial charge in [-0.2, -0.15) is 0 Å². The van der Waals surface area contributed by atoms with Gasteiger partial charge in [-0.3, -0.25) is 0 Å². The first-order valence-electron chi connectivity index (χ1n) is 13.8. The van der Waals surface area contributed by atoms with Crippen molar-refractivity contribution in [2.75, 3.05) is 0 Å². The van der Waals surface area contributed by atoms with Crippen LogP contribution in [0.25, 0.3) is 0 Å². The second-order valence-electron chi connectivity index (χ2n) is 8.67. The number of hydrogen-bond donors (Lipinski definition) is 6. The fourth-order valence-electron chi connectivity index (χ4n) is 2.69. The molecule has 0 saturated carbocycles. The van der Waals surface area contributed by atoms with Crippen LogP contribution in [0.3, 0.4) is 0 Å². The molecule has 0 spiro atoms. The number of rotatable bonds is 0. The van der Waals surface area contributed by atoms with E-state index in [9.17, 15) is 0 Å². The molecule has 0 radical (unpaired) electrons. The fraction of sp³-hybridized carbons (Fsp3) is 0. The van der Waals surface area contributed by atoms with Gasteiger partial charge in [0, 0.05) is 10.6 Å². The molecule has 0 aliphatic rings. The van der Waals surface area contributed by atoms with E-state index in [0.29, 0.717) is 34.5 Å². The van der Waals surface area contributed by atoms with Crippen LogP contribution >= 0.6 is 30.1 Å². The van der Waals surface area contributed by atoms with E-state index in [-0.39, 0.29) is 0 Å². The van der Waals surface area contributed by atoms with Crippen molar-refractivity contribution >= 4 is 44.5 Å². The molecule has 6 rings (SSSR count). The van der Waals surface area contributed by atoms with Gasteiger partial charge in [-0.25, -0.2) is 0 Å². The van der Waals surface area contributed by atoms with Gasteiger partial charge in [0.25, 0.3) is 0 Å². The largest absolute Gasteiger partial charge is 0.508 e. The van der Waals surface area contributed by atoms with E-state index >= 15 is 0 Å². The van der Waals surface area contributed by atoms with Crippen LogP contribution in [-0.4, -0.2) is 34.5 Å². The molecule has 2 atom stereocenters. The molecule has 2 unspecified atom stereocenters. The zero-order valence-corrected chi connectivity index (χ0v) is 30.3. The molecular formula is C37H38ClO7P2Rh. The summed E-state index contributed by atoms with van der Waals surface area (Å²) in [6.07, 6.45) is 0. The third kappa shape index (κ3) is 27.8. The summed E-state index contributed by atoms with van der Waals surface area (Å²) in [6, 6.07) is 49.2. The average molecular weight is 795 g/mol. The molecule has 48 heavy (non-hydrogen) atoms. The van der Waals surface area contributed by atoms with Gasteiger partial charge >= 0.3 is 38.5 Å². The van der Waals surface area contributed by atoms with Crippen LogP contribution in [0, 0.1) is 0 Å². The molecule has 6 N–H and O–H groups in total. The number of aromatic hydroxyl groups is 6. The summed E-state index contributed by atoms with van der Waals surface area (Å²) in [7, 11) is 4.87. The van der Waals surface area contributed by atoms with Crippen LogP contribution in [-0.2, 0) is 18.3 Å². The Hall–Kier alpha value is -4.44. The van der Waals surface area contributed by atoms with Crippen molar-refractivity contribution in [3.63, 3.8) is 0 Å². The van der Waals surface area contributed by atoms with Crippen LogP contribution in [0.4, 0.5) is 4.79 Å². The predicted molar refractivity (Wildman–Crippen MR) is 199 cm³/mol. The van der Waals surface area contributed by atoms with Crippen molar-refractivity contribution in [2.24, 2.45) is 0 Å². The molecule has 0 heterocycles. The Labute approximate surface area is 301 Å². The Balaban J connectivity index is 0.000000541. The van der Waals surface area contributed by atoms with Gasteiger partial charge < -0.3 is 30.6 Å². The molecular weight excluding hydrogens is 757 g/mol. The summed E-state index contributed by atoms with van der Waals surface area (Å²) < 4.78 is -0.471. The molecule has 0 bridgehead atoms. The molecule has 254 valence electrons. The van der Waals surface area contributed by atoms with Gasteiger partial charge in [-0.15, -0.1) is 18.5 Å². The van der Waals surface area contributed by atoms with Gasteiger partial charge in [0.05, 0.1) is 0 Å². The first kappa shape index (κ1) is 43.6. The van der Waals surface area contributed by atoms with E-state index in [1.165, 1.54) is 0 Å². The second kappa shape index (κ2) is 28.8. The van der Waals surface area contributed by atoms with Crippen molar-refractivity contribution < 1.29 is 53.7 Å². The Morgan fingerprint density at radius 1 is 0.396 bits per heavy atom. The molecule has 11 heteroatoms. The van der Waals surface area contributed by atoms with E-state index in [1.54, 1.807) is 121 Å². The van der Waals surface area contributed by atoms with Crippen LogP contribution in [0.1, 0.15) is 0 Å². The summed E-state index contributed by atoms with van der Waals surface area (Å²) in [5, 5.41) is 54.0. The van der Waals surface area contributed by atoms with E-state index in [2.05, 4.69) is 30.1 Å². The third-order valence-electron chi connectivity index (χ3n) is 4.90. The quantitative estimate of drug-likeness (QED) is 0.0518. The van der Waals surface area contributed by atoms with Crippen molar-refractivity contribution in [2.45, 2.75) is 0 Å². The second-order valence-corrected chi connectivity index (χ2v) is 11.5. The van der Waals surface area contributed by atoms with Crippen LogP contribution in [0.5, 0.6) is 34.5 Å². The summed E-state index contributed by atoms with van der Waals surface area (Å²) in [4.78, 5) is 9.16. The summed E-state index contributed by atoms with van der Waals surface area (Å²) >= 11 is 6.53. The zero-order valence-electron chi connectivity index (χ0n) is 25.6. The number of para-hydroxylation sites is 6. The van der Waals surface area contributed by atoms with Gasteiger partial charge in [-0.1, -0.05) is 109 Å². The van der Waals surface area contributed by atoms with Gasteiger partial charge in [0.2, 0.25) is 0 Å². The third-order valence-corrected chi connectivity index (χ3v) is 5.87. The Bertz CT molecular complexity index is 1400. The summed E-state index contributed by atoms with van der Waals surface area (Å²) in [5.41, 5.74) is 0. The molecule has 0 aliphatic carbocycles. The molecule has 6 aromatic carbocycles. The number of carbonyl (C=O) groups is 1. The Morgan fingerprint density at radius 3 is 0.667 bits per heavy atom. The van der Waals surface area contributed by atoms with Crippen LogP contribution in [0.2, 0.25) is 0 Å². The number of phenolic OH excluding ortho intramolecular Hbond substituents is 6. The Kier molecular flexibility index (Phi) is 26.1. The van der Waals surface area contributed by atoms with Gasteiger partial charge in [0.15, 0.2) is 0 Å². The van der Waals surface area contributed by atoms with Gasteiger partial charge in [0.1, 0.15) is 34.5 Å². The Morgan fingerprint density at radius 2 is 0.562 bits per heavy atom. The van der Waals surface area contributed by atoms with Gasteiger partial charge in [-0.05, 0) is 60.7 Å². The normalized spacial score (nSPS) is 8.60. The molecule has 0 aliphatic heterocycles. The minimum atomic E-state index is -0.471. The van der Waals surface area contributed by atoms with E-state index in [4.69, 9.17) is 35.4 Å². The van der Waals surface area contributed by atoms with Crippen molar-refractivity contribution in [1.82, 2.24) is 0 Å². The van der Waals surface area contributed by atoms with Crippen LogP contribution < -0.4 is 10.6 Å². The summed E-state index contributed by atoms with van der Waals surface area (Å²) in [5.74, 6) is 1.95. The molecule has 7 nitrogen and oxygen atoms in total. The predicted octanol–water partition coefficient (Wildman–Crippen LogP) is 8.25. The number of phenols is 6. The maximum atomic E-state index is 9.16. The molecule has 0 aromatic heterocycles. The smallest absolute Gasteiger partial charge is 0.122 e. The number of hydrogen-bond acceptors (Lipinski definition) is 7. The van der Waals surface area contributed by atoms with Crippen molar-refractivity contribution in [1.29, 1.82) is 0 Å². The van der Waals surface area contributed by atoms with Crippen LogP contribution in [0.15, 0.2) is 170 Å². The minimum absolute atomic E-state index is 0.322. The number of halogens is 1. The maximum absolute atomic E-state index is 9.16. The molecule has 6 aromatic rings. The first-order valence-corrected chi connectivity index (χ1v) is 16.1. The molecule has 0 saturated heterocycles. The number of carbonyl (C=O) groups excluding carboxylic acids is 1. The average Bonchev–Trinajstić information content (AvgIpc) is 3.07. The van der Waals surface area contributed by atoms with Crippen molar-refractivity contribution in [3.05, 3.63) is 170 Å². The SMILES string of the molecule is O=[C](Cl)[Rh].Oc1ccccc1.Oc1ccccc1.Oc1ccccc1.Oc1ccccc1.Oc1ccccc1P.Oc1ccccc1P. The van der Waals surface area contributed by atoms with E-state index in [0.717, 1.165) is 10.6 Å². The molecule has 0 fully saturated rings. The minimum Gasteiger partial charge on any atom is -0.508 e. The molecule has 0 amide bonds. The van der Waals surface area contributed by atoms with E-state index in [1.807, 2.05) is 66.8 Å². The van der Waals surface area contributed by atoms with Crippen molar-refractivity contribution in [3.8, 4) is 34.5 Å². The number of benzene rings is 6. The van der Waals surface area contributed by atoms with E-state index < -0.39 is 3.84 Å². The topological polar surface area (TPSA) is 138 Å². The monoisotopic (exact) mass is 794 g/mol. The summed E-state index contributed by atoms with van der Waals surface area (Å²) in [6.45, 7) is 0. The fourth-order valence-corrected chi connectivity index (χ4v) is 3.10. The standard InChI is InChI=1S/2C6H7OP.4C6H6O.CClO.Rh/c2*7-5-3-1-2-4-6(5)8;4*7-6-4-2-1-3-5-6;2-1-3;/h2*1-4,7H,8H2;4*1-5,7H;;.